The van der Waals surface area contributed by atoms with Crippen molar-refractivity contribution in [3.63, 3.8) is 0 Å². The minimum Gasteiger partial charge on any atom is -0.340 e. The van der Waals surface area contributed by atoms with Crippen molar-refractivity contribution < 1.29 is 25.2 Å². The molecule has 4 nitrogen and oxygen atoms in total. The summed E-state index contributed by atoms with van der Waals surface area (Å²) in [5.74, 6) is 0.00214. The number of allylic oxidation sites excluding steroid dienone is 1. The summed E-state index contributed by atoms with van der Waals surface area (Å²) >= 11 is 0. The molecule has 0 aromatic rings. The molecule has 0 aliphatic carbocycles. The molecule has 1 radical (unpaired) electrons. The summed E-state index contributed by atoms with van der Waals surface area (Å²) in [5.41, 5.74) is 0. The van der Waals surface area contributed by atoms with Crippen LogP contribution in [-0.4, -0.2) is 47.4 Å². The molecule has 0 aromatic carbocycles. The fourth-order valence-corrected chi connectivity index (χ4v) is 2.20. The van der Waals surface area contributed by atoms with Gasteiger partial charge in [-0.15, -0.1) is 6.08 Å². The maximum Gasteiger partial charge on any atom is 0.246 e. The zero-order valence-corrected chi connectivity index (χ0v) is 14.4. The predicted octanol–water partition coefficient (Wildman–Crippen LogP) is 1.60. The standard InChI is InChI=1S/C14H22N3O.Re/c1-4-5-6-14(18)17-10-9-16(12(2)3)11-13(17)7-8-15;/h5-6,12-13H,1,4,7,9-11H2,2-3H3;/q-1;/b6-5+;/t13-;/m0./s1. The third-order valence-electron chi connectivity index (χ3n) is 3.28. The van der Waals surface area contributed by atoms with Crippen LogP contribution in [0.2, 0.25) is 0 Å². The van der Waals surface area contributed by atoms with Crippen LogP contribution in [-0.2, 0) is 25.2 Å². The SMILES string of the molecule is [CH2-]C/C=C/C(=O)N1CCN(C(C)C)C[C@@H]1CC#N.[Re]. The van der Waals surface area contributed by atoms with E-state index in [9.17, 15) is 4.79 Å². The zero-order valence-electron chi connectivity index (χ0n) is 11.7. The van der Waals surface area contributed by atoms with Crippen LogP contribution in [0.3, 0.4) is 0 Å². The van der Waals surface area contributed by atoms with E-state index in [2.05, 4.69) is 31.7 Å². The first-order chi connectivity index (χ1) is 8.60. The second kappa shape index (κ2) is 9.26. The molecule has 1 atom stereocenters. The van der Waals surface area contributed by atoms with Gasteiger partial charge < -0.3 is 11.8 Å². The Balaban J connectivity index is 0.00000324. The molecule has 0 spiro atoms. The number of nitrogens with zero attached hydrogens (tertiary/aromatic N) is 3. The summed E-state index contributed by atoms with van der Waals surface area (Å²) in [7, 11) is 0. The van der Waals surface area contributed by atoms with Crippen molar-refractivity contribution in [2.24, 2.45) is 0 Å². The molecular formula is C14H22N3ORe-. The minimum absolute atomic E-state index is 0. The zero-order chi connectivity index (χ0) is 13.5. The number of piperazine rings is 1. The van der Waals surface area contributed by atoms with E-state index in [4.69, 9.17) is 5.26 Å². The number of rotatable bonds is 4. The van der Waals surface area contributed by atoms with Gasteiger partial charge in [0.25, 0.3) is 0 Å². The topological polar surface area (TPSA) is 47.3 Å². The minimum atomic E-state index is 0. The molecule has 107 valence electrons. The Hall–Kier alpha value is -0.678. The molecule has 0 aromatic heterocycles. The number of hydrogen-bond acceptors (Lipinski definition) is 3. The van der Waals surface area contributed by atoms with E-state index in [0.717, 1.165) is 13.1 Å². The van der Waals surface area contributed by atoms with Gasteiger partial charge in [0.2, 0.25) is 5.91 Å². The fourth-order valence-electron chi connectivity index (χ4n) is 2.20. The van der Waals surface area contributed by atoms with Gasteiger partial charge >= 0.3 is 0 Å². The number of amides is 1. The Bertz CT molecular complexity index is 349. The van der Waals surface area contributed by atoms with Crippen molar-refractivity contribution in [1.82, 2.24) is 9.80 Å². The summed E-state index contributed by atoms with van der Waals surface area (Å²) in [4.78, 5) is 16.1. The normalized spacial score (nSPS) is 20.4. The van der Waals surface area contributed by atoms with Crippen LogP contribution in [0.5, 0.6) is 0 Å². The average Bonchev–Trinajstić information content (AvgIpc) is 2.36. The summed E-state index contributed by atoms with van der Waals surface area (Å²) in [5, 5.41) is 8.88. The van der Waals surface area contributed by atoms with E-state index in [-0.39, 0.29) is 32.4 Å². The van der Waals surface area contributed by atoms with E-state index >= 15 is 0 Å². The molecule has 1 amide bonds. The van der Waals surface area contributed by atoms with Crippen molar-refractivity contribution in [2.45, 2.75) is 38.8 Å². The van der Waals surface area contributed by atoms with E-state index in [1.54, 1.807) is 12.2 Å². The quantitative estimate of drug-likeness (QED) is 0.499. The monoisotopic (exact) mass is 435 g/mol. The van der Waals surface area contributed by atoms with Crippen molar-refractivity contribution in [1.29, 1.82) is 5.26 Å². The summed E-state index contributed by atoms with van der Waals surface area (Å²) in [6.45, 7) is 10.3. The Morgan fingerprint density at radius 3 is 2.74 bits per heavy atom. The van der Waals surface area contributed by atoms with Crippen LogP contribution >= 0.6 is 0 Å². The van der Waals surface area contributed by atoms with Crippen LogP contribution in [0.4, 0.5) is 0 Å². The molecule has 5 heteroatoms. The van der Waals surface area contributed by atoms with Gasteiger partial charge in [-0.05, 0) is 19.9 Å². The number of carbonyl (C=O) groups is 1. The number of nitriles is 1. The summed E-state index contributed by atoms with van der Waals surface area (Å²) in [6, 6.07) is 2.65. The molecule has 1 aliphatic rings. The largest absolute Gasteiger partial charge is 0.340 e. The first-order valence-corrected chi connectivity index (χ1v) is 6.47. The van der Waals surface area contributed by atoms with Crippen molar-refractivity contribution >= 4 is 5.91 Å². The molecule has 1 saturated heterocycles. The van der Waals surface area contributed by atoms with Crippen molar-refractivity contribution in [3.8, 4) is 6.07 Å². The van der Waals surface area contributed by atoms with Crippen LogP contribution in [0, 0.1) is 18.3 Å². The predicted molar refractivity (Wildman–Crippen MR) is 71.6 cm³/mol. The Morgan fingerprint density at radius 2 is 2.21 bits per heavy atom. The molecule has 1 heterocycles. The Morgan fingerprint density at radius 1 is 1.53 bits per heavy atom. The summed E-state index contributed by atoms with van der Waals surface area (Å²) < 4.78 is 0. The van der Waals surface area contributed by atoms with Crippen LogP contribution in [0.25, 0.3) is 0 Å². The molecule has 0 bridgehead atoms. The average molecular weight is 435 g/mol. The molecule has 1 fully saturated rings. The maximum atomic E-state index is 12.0. The Kier molecular flexibility index (Phi) is 8.93. The van der Waals surface area contributed by atoms with Gasteiger partial charge in [-0.25, -0.2) is 0 Å². The van der Waals surface area contributed by atoms with Crippen molar-refractivity contribution in [3.05, 3.63) is 19.1 Å². The van der Waals surface area contributed by atoms with Gasteiger partial charge in [0.05, 0.1) is 18.5 Å². The van der Waals surface area contributed by atoms with Gasteiger partial charge in [-0.3, -0.25) is 9.69 Å². The van der Waals surface area contributed by atoms with Gasteiger partial charge in [0.15, 0.2) is 0 Å². The van der Waals surface area contributed by atoms with Gasteiger partial charge in [-0.1, -0.05) is 0 Å². The van der Waals surface area contributed by atoms with E-state index < -0.39 is 0 Å². The van der Waals surface area contributed by atoms with Crippen LogP contribution in [0.15, 0.2) is 12.2 Å². The Labute approximate surface area is 130 Å². The van der Waals surface area contributed by atoms with E-state index in [1.165, 1.54) is 0 Å². The molecule has 0 unspecified atom stereocenters. The first kappa shape index (κ1) is 18.3. The first-order valence-electron chi connectivity index (χ1n) is 6.47. The van der Waals surface area contributed by atoms with E-state index in [0.29, 0.717) is 25.4 Å². The second-order valence-corrected chi connectivity index (χ2v) is 4.83. The third kappa shape index (κ3) is 5.45. The molecule has 1 aliphatic heterocycles. The number of hydrogen-bond donors (Lipinski definition) is 0. The molecule has 0 N–H and O–H groups in total. The molecule has 19 heavy (non-hydrogen) atoms. The molecule has 0 saturated carbocycles. The number of carbonyl (C=O) groups excluding carboxylic acids is 1. The smallest absolute Gasteiger partial charge is 0.246 e. The van der Waals surface area contributed by atoms with Gasteiger partial charge in [0.1, 0.15) is 0 Å². The third-order valence-corrected chi connectivity index (χ3v) is 3.28. The molecular weight excluding hydrogens is 412 g/mol. The second-order valence-electron chi connectivity index (χ2n) is 4.83. The fraction of sp³-hybridized carbons (Fsp3) is 0.643. The van der Waals surface area contributed by atoms with E-state index in [1.807, 2.05) is 4.90 Å². The van der Waals surface area contributed by atoms with Crippen LogP contribution < -0.4 is 0 Å². The van der Waals surface area contributed by atoms with Gasteiger partial charge in [-0.2, -0.15) is 11.7 Å². The molecule has 1 rings (SSSR count). The van der Waals surface area contributed by atoms with Crippen molar-refractivity contribution in [2.75, 3.05) is 19.6 Å². The maximum absolute atomic E-state index is 12.0. The summed E-state index contributed by atoms with van der Waals surface area (Å²) in [6.07, 6.45) is 4.34. The van der Waals surface area contributed by atoms with Crippen LogP contribution in [0.1, 0.15) is 26.7 Å². The van der Waals surface area contributed by atoms with Gasteiger partial charge in [0, 0.05) is 46.1 Å².